The van der Waals surface area contributed by atoms with E-state index in [0.29, 0.717) is 0 Å². The molecule has 0 saturated heterocycles. The van der Waals surface area contributed by atoms with Crippen molar-refractivity contribution in [1.82, 2.24) is 0 Å². The predicted molar refractivity (Wildman–Crippen MR) is 54.4 cm³/mol. The van der Waals surface area contributed by atoms with Crippen molar-refractivity contribution in [3.8, 4) is 5.75 Å². The molecule has 2 nitrogen and oxygen atoms in total. The van der Waals surface area contributed by atoms with Crippen LogP contribution in [-0.4, -0.2) is 12.4 Å². The number of Topliss-reactive ketones (excluding diaryl/α,β-unsaturated/α-hetero) is 1. The molecular formula is C12H13FO2. The summed E-state index contributed by atoms with van der Waals surface area (Å²) in [6, 6.07) is 4.63. The van der Waals surface area contributed by atoms with Gasteiger partial charge in [-0.1, -0.05) is 6.07 Å². The molecule has 1 aromatic rings. The molecule has 0 aliphatic heterocycles. The molecule has 0 heterocycles. The van der Waals surface area contributed by atoms with Gasteiger partial charge in [-0.15, -0.1) is 0 Å². The zero-order chi connectivity index (χ0) is 10.8. The first kappa shape index (κ1) is 10.1. The smallest absolute Gasteiger partial charge is 0.173 e. The number of ether oxygens (including phenoxy) is 1. The van der Waals surface area contributed by atoms with Crippen LogP contribution in [-0.2, 0) is 4.79 Å². The monoisotopic (exact) mass is 208 g/mol. The number of carbonyl (C=O) groups is 1. The Morgan fingerprint density at radius 3 is 2.93 bits per heavy atom. The fraction of sp³-hybridized carbons (Fsp3) is 0.417. The quantitative estimate of drug-likeness (QED) is 0.759. The van der Waals surface area contributed by atoms with Gasteiger partial charge in [-0.25, -0.2) is 4.39 Å². The minimum Gasteiger partial charge on any atom is -0.483 e. The van der Waals surface area contributed by atoms with Crippen LogP contribution in [0.5, 0.6) is 5.75 Å². The van der Waals surface area contributed by atoms with Crippen molar-refractivity contribution < 1.29 is 13.9 Å². The largest absolute Gasteiger partial charge is 0.483 e. The molecule has 0 unspecified atom stereocenters. The van der Waals surface area contributed by atoms with Crippen molar-refractivity contribution in [2.45, 2.75) is 19.8 Å². The summed E-state index contributed by atoms with van der Waals surface area (Å²) < 4.78 is 18.4. The Bertz CT molecular complexity index is 383. The fourth-order valence-electron chi connectivity index (χ4n) is 1.39. The van der Waals surface area contributed by atoms with Gasteiger partial charge in [0, 0.05) is 5.92 Å². The Balaban J connectivity index is 1.97. The van der Waals surface area contributed by atoms with Gasteiger partial charge in [0.25, 0.3) is 0 Å². The van der Waals surface area contributed by atoms with Crippen LogP contribution in [0, 0.1) is 18.7 Å². The molecule has 1 aliphatic rings. The molecule has 0 spiro atoms. The molecule has 1 fully saturated rings. The van der Waals surface area contributed by atoms with Crippen molar-refractivity contribution in [2.24, 2.45) is 5.92 Å². The van der Waals surface area contributed by atoms with E-state index < -0.39 is 5.82 Å². The van der Waals surface area contributed by atoms with Gasteiger partial charge in [-0.2, -0.15) is 0 Å². The second kappa shape index (κ2) is 4.01. The maximum Gasteiger partial charge on any atom is 0.173 e. The highest BCUT2D eigenvalue weighted by Crippen LogP contribution is 2.30. The van der Waals surface area contributed by atoms with E-state index in [-0.39, 0.29) is 24.1 Å². The van der Waals surface area contributed by atoms with Crippen LogP contribution < -0.4 is 4.74 Å². The number of aryl methyl sites for hydroxylation is 1. The molecule has 0 bridgehead atoms. The van der Waals surface area contributed by atoms with Crippen LogP contribution in [0.4, 0.5) is 4.39 Å². The first-order valence-corrected chi connectivity index (χ1v) is 5.08. The van der Waals surface area contributed by atoms with Gasteiger partial charge in [0.1, 0.15) is 6.61 Å². The van der Waals surface area contributed by atoms with Gasteiger partial charge in [0.05, 0.1) is 0 Å². The molecule has 0 aromatic heterocycles. The third-order valence-electron chi connectivity index (χ3n) is 2.49. The Labute approximate surface area is 88.1 Å². The van der Waals surface area contributed by atoms with Crippen molar-refractivity contribution >= 4 is 5.78 Å². The summed E-state index contributed by atoms with van der Waals surface area (Å²) in [4.78, 5) is 11.3. The number of carbonyl (C=O) groups excluding carboxylic acids is 1. The lowest BCUT2D eigenvalue weighted by molar-refractivity contribution is -0.122. The summed E-state index contributed by atoms with van der Waals surface area (Å²) in [7, 11) is 0. The average molecular weight is 208 g/mol. The molecule has 0 radical (unpaired) electrons. The molecule has 80 valence electrons. The standard InChI is InChI=1S/C12H13FO2/c1-8-2-5-10(13)12(6-8)15-7-11(14)9-3-4-9/h2,5-6,9H,3-4,7H2,1H3. The molecule has 15 heavy (non-hydrogen) atoms. The van der Waals surface area contributed by atoms with Gasteiger partial charge < -0.3 is 4.74 Å². The van der Waals surface area contributed by atoms with Gasteiger partial charge in [-0.3, -0.25) is 4.79 Å². The van der Waals surface area contributed by atoms with Crippen molar-refractivity contribution in [1.29, 1.82) is 0 Å². The number of ketones is 1. The predicted octanol–water partition coefficient (Wildman–Crippen LogP) is 2.49. The number of benzene rings is 1. The number of hydrogen-bond donors (Lipinski definition) is 0. The summed E-state index contributed by atoms with van der Waals surface area (Å²) in [5, 5.41) is 0. The van der Waals surface area contributed by atoms with Crippen molar-refractivity contribution in [2.75, 3.05) is 6.61 Å². The van der Waals surface area contributed by atoms with E-state index in [2.05, 4.69) is 0 Å². The topological polar surface area (TPSA) is 26.3 Å². The van der Waals surface area contributed by atoms with Crippen LogP contribution in [0.25, 0.3) is 0 Å². The second-order valence-corrected chi connectivity index (χ2v) is 3.96. The molecule has 2 rings (SSSR count). The van der Waals surface area contributed by atoms with Gasteiger partial charge in [0.15, 0.2) is 17.3 Å². The zero-order valence-electron chi connectivity index (χ0n) is 8.63. The highest BCUT2D eigenvalue weighted by molar-refractivity contribution is 5.84. The number of halogens is 1. The molecule has 0 atom stereocenters. The summed E-state index contributed by atoms with van der Waals surface area (Å²) in [6.45, 7) is 1.85. The normalized spacial score (nSPS) is 15.1. The Kier molecular flexibility index (Phi) is 2.71. The maximum absolute atomic E-state index is 13.2. The van der Waals surface area contributed by atoms with E-state index in [9.17, 15) is 9.18 Å². The van der Waals surface area contributed by atoms with E-state index in [1.165, 1.54) is 6.07 Å². The van der Waals surface area contributed by atoms with Crippen LogP contribution in [0.2, 0.25) is 0 Å². The summed E-state index contributed by atoms with van der Waals surface area (Å²) in [5.74, 6) is 0.00183. The average Bonchev–Trinajstić information content (AvgIpc) is 3.02. The van der Waals surface area contributed by atoms with E-state index in [0.717, 1.165) is 18.4 Å². The van der Waals surface area contributed by atoms with Crippen LogP contribution in [0.15, 0.2) is 18.2 Å². The lowest BCUT2D eigenvalue weighted by Crippen LogP contribution is -2.13. The highest BCUT2D eigenvalue weighted by atomic mass is 19.1. The lowest BCUT2D eigenvalue weighted by Gasteiger charge is -2.06. The summed E-state index contributed by atoms with van der Waals surface area (Å²) in [6.07, 6.45) is 1.91. The van der Waals surface area contributed by atoms with E-state index >= 15 is 0 Å². The minimum absolute atomic E-state index is 0.00889. The molecule has 1 aromatic carbocycles. The third-order valence-corrected chi connectivity index (χ3v) is 2.49. The minimum atomic E-state index is -0.413. The van der Waals surface area contributed by atoms with Crippen molar-refractivity contribution in [3.63, 3.8) is 0 Å². The Hall–Kier alpha value is -1.38. The van der Waals surface area contributed by atoms with Crippen LogP contribution in [0.1, 0.15) is 18.4 Å². The molecule has 1 saturated carbocycles. The SMILES string of the molecule is Cc1ccc(F)c(OCC(=O)C2CC2)c1. The summed E-state index contributed by atoms with van der Waals surface area (Å²) >= 11 is 0. The molecule has 0 amide bonds. The van der Waals surface area contributed by atoms with Gasteiger partial charge in [-0.05, 0) is 37.5 Å². The van der Waals surface area contributed by atoms with E-state index in [4.69, 9.17) is 4.74 Å². The molecular weight excluding hydrogens is 195 g/mol. The Morgan fingerprint density at radius 1 is 1.53 bits per heavy atom. The van der Waals surface area contributed by atoms with E-state index in [1.807, 2.05) is 6.92 Å². The highest BCUT2D eigenvalue weighted by Gasteiger charge is 2.29. The maximum atomic E-state index is 13.2. The third kappa shape index (κ3) is 2.55. The molecule has 0 N–H and O–H groups in total. The van der Waals surface area contributed by atoms with Gasteiger partial charge in [0.2, 0.25) is 0 Å². The second-order valence-electron chi connectivity index (χ2n) is 3.96. The van der Waals surface area contributed by atoms with Crippen LogP contribution >= 0.6 is 0 Å². The fourth-order valence-corrected chi connectivity index (χ4v) is 1.39. The number of hydrogen-bond acceptors (Lipinski definition) is 2. The first-order chi connectivity index (χ1) is 7.16. The number of rotatable bonds is 4. The van der Waals surface area contributed by atoms with Crippen LogP contribution in [0.3, 0.4) is 0 Å². The summed E-state index contributed by atoms with van der Waals surface area (Å²) in [5.41, 5.74) is 0.922. The molecule has 3 heteroatoms. The lowest BCUT2D eigenvalue weighted by atomic mass is 10.2. The molecule has 1 aliphatic carbocycles. The zero-order valence-corrected chi connectivity index (χ0v) is 8.63. The Morgan fingerprint density at radius 2 is 2.27 bits per heavy atom. The van der Waals surface area contributed by atoms with Gasteiger partial charge >= 0.3 is 0 Å². The van der Waals surface area contributed by atoms with Crippen molar-refractivity contribution in [3.05, 3.63) is 29.6 Å². The van der Waals surface area contributed by atoms with E-state index in [1.54, 1.807) is 12.1 Å². The first-order valence-electron chi connectivity index (χ1n) is 5.08.